The van der Waals surface area contributed by atoms with Gasteiger partial charge in [0, 0.05) is 18.0 Å². The Morgan fingerprint density at radius 2 is 1.44 bits per heavy atom. The number of methoxy groups -OCH3 is 1. The molecule has 0 N–H and O–H groups in total. The summed E-state index contributed by atoms with van der Waals surface area (Å²) in [6.45, 7) is 0.827. The van der Waals surface area contributed by atoms with E-state index in [2.05, 4.69) is 42.5 Å². The van der Waals surface area contributed by atoms with Gasteiger partial charge in [-0.05, 0) is 48.4 Å². The molecule has 1 aliphatic rings. The molecule has 0 bridgehead atoms. The van der Waals surface area contributed by atoms with Crippen molar-refractivity contribution in [3.8, 4) is 0 Å². The van der Waals surface area contributed by atoms with Gasteiger partial charge in [0.15, 0.2) is 0 Å². The summed E-state index contributed by atoms with van der Waals surface area (Å²) < 4.78 is 11.1. The Morgan fingerprint density at radius 1 is 0.882 bits per heavy atom. The van der Waals surface area contributed by atoms with Crippen molar-refractivity contribution in [3.63, 3.8) is 0 Å². The van der Waals surface area contributed by atoms with E-state index in [1.54, 1.807) is 13.4 Å². The molecule has 3 aromatic carbocycles. The Kier molecular flexibility index (Phi) is 8.03. The van der Waals surface area contributed by atoms with Gasteiger partial charge in [-0.25, -0.2) is 4.79 Å². The van der Waals surface area contributed by atoms with Gasteiger partial charge in [0.25, 0.3) is 0 Å². The number of allylic oxidation sites excluding steroid dienone is 1. The highest BCUT2D eigenvalue weighted by Crippen LogP contribution is 2.42. The molecule has 0 atom stereocenters. The molecule has 4 heteroatoms. The van der Waals surface area contributed by atoms with Gasteiger partial charge in [0.05, 0.1) is 13.4 Å². The molecule has 0 spiro atoms. The van der Waals surface area contributed by atoms with Crippen LogP contribution in [0.4, 0.5) is 4.79 Å². The average molecular weight is 456 g/mol. The normalized spacial score (nSPS) is 20.1. The molecule has 4 nitrogen and oxygen atoms in total. The molecular formula is C30H33NO3. The summed E-state index contributed by atoms with van der Waals surface area (Å²) in [6.07, 6.45) is 7.42. The Morgan fingerprint density at radius 3 is 2.03 bits per heavy atom. The number of hydrogen-bond donors (Lipinski definition) is 0. The minimum absolute atomic E-state index is 0.0832. The largest absolute Gasteiger partial charge is 0.505 e. The molecule has 176 valence electrons. The second kappa shape index (κ2) is 11.6. The highest BCUT2D eigenvalue weighted by molar-refractivity contribution is 5.68. The fourth-order valence-corrected chi connectivity index (χ4v) is 4.87. The number of hydrogen-bond acceptors (Lipinski definition) is 3. The third-order valence-electron chi connectivity index (χ3n) is 6.80. The number of rotatable bonds is 8. The van der Waals surface area contributed by atoms with Crippen molar-refractivity contribution >= 4 is 6.09 Å². The fraction of sp³-hybridized carbons (Fsp3) is 0.300. The highest BCUT2D eigenvalue weighted by atomic mass is 16.6. The van der Waals surface area contributed by atoms with Crippen LogP contribution in [-0.4, -0.2) is 24.1 Å². The lowest BCUT2D eigenvalue weighted by Crippen LogP contribution is -2.44. The number of ether oxygens (including phenoxy) is 2. The van der Waals surface area contributed by atoms with Crippen molar-refractivity contribution < 1.29 is 14.3 Å². The Bertz CT molecular complexity index is 1040. The van der Waals surface area contributed by atoms with Gasteiger partial charge in [0.1, 0.15) is 6.61 Å². The molecule has 0 saturated heterocycles. The second-order valence-corrected chi connectivity index (χ2v) is 8.95. The predicted octanol–water partition coefficient (Wildman–Crippen LogP) is 6.87. The lowest BCUT2D eigenvalue weighted by Gasteiger charge is -2.42. The number of carbonyl (C=O) groups excluding carboxylic acids is 1. The molecule has 1 fully saturated rings. The van der Waals surface area contributed by atoms with E-state index in [1.165, 1.54) is 5.56 Å². The van der Waals surface area contributed by atoms with Crippen LogP contribution in [0, 0.1) is 0 Å². The van der Waals surface area contributed by atoms with E-state index in [1.807, 2.05) is 59.5 Å². The summed E-state index contributed by atoms with van der Waals surface area (Å²) in [6, 6.07) is 30.7. The summed E-state index contributed by atoms with van der Waals surface area (Å²) in [5, 5.41) is 0. The van der Waals surface area contributed by atoms with Crippen molar-refractivity contribution in [1.82, 2.24) is 4.90 Å². The van der Waals surface area contributed by atoms with Crippen LogP contribution in [0.2, 0.25) is 0 Å². The summed E-state index contributed by atoms with van der Waals surface area (Å²) in [7, 11) is 1.69. The second-order valence-electron chi connectivity index (χ2n) is 8.95. The third-order valence-corrected chi connectivity index (χ3v) is 6.80. The van der Waals surface area contributed by atoms with E-state index >= 15 is 0 Å². The molecule has 1 saturated carbocycles. The lowest BCUT2D eigenvalue weighted by atomic mass is 9.68. The van der Waals surface area contributed by atoms with Gasteiger partial charge in [-0.15, -0.1) is 0 Å². The fourth-order valence-electron chi connectivity index (χ4n) is 4.87. The number of amides is 1. The Hall–Kier alpha value is -3.53. The smallest absolute Gasteiger partial charge is 0.410 e. The molecule has 4 rings (SSSR count). The van der Waals surface area contributed by atoms with Crippen LogP contribution < -0.4 is 0 Å². The average Bonchev–Trinajstić information content (AvgIpc) is 2.91. The number of carbonyl (C=O) groups is 1. The minimum atomic E-state index is -0.252. The summed E-state index contributed by atoms with van der Waals surface area (Å²) in [4.78, 5) is 15.2. The minimum Gasteiger partial charge on any atom is -0.505 e. The van der Waals surface area contributed by atoms with Crippen molar-refractivity contribution in [2.75, 3.05) is 7.11 Å². The summed E-state index contributed by atoms with van der Waals surface area (Å²) in [5.41, 5.74) is 3.31. The first kappa shape index (κ1) is 23.6. The molecule has 3 aromatic rings. The van der Waals surface area contributed by atoms with Crippen LogP contribution >= 0.6 is 0 Å². The standard InChI is InChI=1S/C30H33NO3/c1-33-22-21-30(27-15-9-4-10-16-27)19-17-28(18-20-30)31(23-25-11-5-2-6-12-25)29(32)34-24-26-13-7-3-8-14-26/h2-16,21-22,28H,17-20,23-24H2,1H3/b22-21+. The zero-order chi connectivity index (χ0) is 23.6. The van der Waals surface area contributed by atoms with Crippen LogP contribution in [0.3, 0.4) is 0 Å². The molecule has 1 aliphatic carbocycles. The maximum absolute atomic E-state index is 13.3. The monoisotopic (exact) mass is 455 g/mol. The molecule has 1 amide bonds. The first-order chi connectivity index (χ1) is 16.7. The van der Waals surface area contributed by atoms with Gasteiger partial charge in [-0.3, -0.25) is 0 Å². The zero-order valence-corrected chi connectivity index (χ0v) is 19.8. The van der Waals surface area contributed by atoms with Gasteiger partial charge < -0.3 is 14.4 Å². The van der Waals surface area contributed by atoms with Crippen molar-refractivity contribution in [3.05, 3.63) is 120 Å². The van der Waals surface area contributed by atoms with E-state index in [0.29, 0.717) is 6.54 Å². The quantitative estimate of drug-likeness (QED) is 0.348. The molecular weight excluding hydrogens is 422 g/mol. The maximum atomic E-state index is 13.3. The summed E-state index contributed by atoms with van der Waals surface area (Å²) >= 11 is 0. The molecule has 34 heavy (non-hydrogen) atoms. The zero-order valence-electron chi connectivity index (χ0n) is 19.8. The van der Waals surface area contributed by atoms with Crippen LogP contribution in [-0.2, 0) is 28.0 Å². The maximum Gasteiger partial charge on any atom is 0.410 e. The molecule has 0 aromatic heterocycles. The van der Waals surface area contributed by atoms with Gasteiger partial charge in [0.2, 0.25) is 0 Å². The van der Waals surface area contributed by atoms with E-state index in [4.69, 9.17) is 9.47 Å². The molecule has 0 unspecified atom stereocenters. The predicted molar refractivity (Wildman–Crippen MR) is 135 cm³/mol. The van der Waals surface area contributed by atoms with Crippen LogP contribution in [0.25, 0.3) is 0 Å². The van der Waals surface area contributed by atoms with Crippen LogP contribution in [0.1, 0.15) is 42.4 Å². The van der Waals surface area contributed by atoms with Crippen LogP contribution in [0.5, 0.6) is 0 Å². The molecule has 0 heterocycles. The number of benzene rings is 3. The van der Waals surface area contributed by atoms with E-state index in [0.717, 1.165) is 36.8 Å². The van der Waals surface area contributed by atoms with Gasteiger partial charge in [-0.1, -0.05) is 91.0 Å². The Balaban J connectivity index is 1.51. The third kappa shape index (κ3) is 5.88. The van der Waals surface area contributed by atoms with Gasteiger partial charge in [-0.2, -0.15) is 0 Å². The first-order valence-electron chi connectivity index (χ1n) is 12.0. The highest BCUT2D eigenvalue weighted by Gasteiger charge is 2.38. The van der Waals surface area contributed by atoms with Crippen molar-refractivity contribution in [2.24, 2.45) is 0 Å². The lowest BCUT2D eigenvalue weighted by molar-refractivity contribution is 0.0633. The first-order valence-corrected chi connectivity index (χ1v) is 12.0. The van der Waals surface area contributed by atoms with Crippen molar-refractivity contribution in [2.45, 2.75) is 50.3 Å². The van der Waals surface area contributed by atoms with E-state index in [-0.39, 0.29) is 24.2 Å². The SMILES string of the molecule is CO/C=C/C1(c2ccccc2)CCC(N(Cc2ccccc2)C(=O)OCc2ccccc2)CC1. The van der Waals surface area contributed by atoms with Gasteiger partial charge >= 0.3 is 6.09 Å². The number of nitrogens with zero attached hydrogens (tertiary/aromatic N) is 1. The van der Waals surface area contributed by atoms with Crippen LogP contribution in [0.15, 0.2) is 103 Å². The van der Waals surface area contributed by atoms with E-state index < -0.39 is 0 Å². The Labute approximate surface area is 202 Å². The topological polar surface area (TPSA) is 38.8 Å². The van der Waals surface area contributed by atoms with Crippen molar-refractivity contribution in [1.29, 1.82) is 0 Å². The molecule has 0 radical (unpaired) electrons. The summed E-state index contributed by atoms with van der Waals surface area (Å²) in [5.74, 6) is 0. The van der Waals surface area contributed by atoms with E-state index in [9.17, 15) is 4.79 Å². The molecule has 0 aliphatic heterocycles.